The minimum atomic E-state index is 0.0852. The van der Waals surface area contributed by atoms with Gasteiger partial charge in [0.05, 0.1) is 13.2 Å². The Kier molecular flexibility index (Phi) is 7.81. The minimum absolute atomic E-state index is 0.0852. The van der Waals surface area contributed by atoms with E-state index in [1.54, 1.807) is 0 Å². The molecule has 0 aliphatic carbocycles. The van der Waals surface area contributed by atoms with E-state index in [-0.39, 0.29) is 6.61 Å². The number of hydrogen-bond donors (Lipinski definition) is 2. The van der Waals surface area contributed by atoms with Crippen molar-refractivity contribution in [2.75, 3.05) is 26.4 Å². The Morgan fingerprint density at radius 3 is 2.88 bits per heavy atom. The maximum Gasteiger partial charge on any atom is 0.0697 e. The molecule has 96 valence electrons. The van der Waals surface area contributed by atoms with Crippen molar-refractivity contribution in [1.29, 1.82) is 0 Å². The van der Waals surface area contributed by atoms with Gasteiger partial charge in [-0.2, -0.15) is 0 Å². The molecule has 0 spiro atoms. The first-order valence-electron chi connectivity index (χ1n) is 5.57. The standard InChI is InChI=1S/C12H17BrClNO2/c13-11-3-2-10(12(14)8-11)9-15-4-1-6-17-7-5-16/h2-3,8,15-16H,1,4-7,9H2. The third kappa shape index (κ3) is 6.38. The first-order chi connectivity index (χ1) is 8.24. The van der Waals surface area contributed by atoms with E-state index in [1.807, 2.05) is 18.2 Å². The Labute approximate surface area is 115 Å². The van der Waals surface area contributed by atoms with E-state index in [4.69, 9.17) is 21.4 Å². The summed E-state index contributed by atoms with van der Waals surface area (Å²) in [4.78, 5) is 0. The second kappa shape index (κ2) is 8.89. The molecular weight excluding hydrogens is 305 g/mol. The van der Waals surface area contributed by atoms with Gasteiger partial charge in [0.2, 0.25) is 0 Å². The van der Waals surface area contributed by atoms with E-state index in [2.05, 4.69) is 21.2 Å². The Morgan fingerprint density at radius 2 is 2.18 bits per heavy atom. The predicted octanol–water partition coefficient (Wildman–Crippen LogP) is 2.59. The second-order valence-corrected chi connectivity index (χ2v) is 4.92. The van der Waals surface area contributed by atoms with Gasteiger partial charge < -0.3 is 15.2 Å². The topological polar surface area (TPSA) is 41.5 Å². The quantitative estimate of drug-likeness (QED) is 0.723. The third-order valence-corrected chi connectivity index (χ3v) is 3.05. The molecule has 0 saturated heterocycles. The molecule has 0 fully saturated rings. The van der Waals surface area contributed by atoms with Crippen LogP contribution in [0.2, 0.25) is 5.02 Å². The Hall–Kier alpha value is -0.130. The molecule has 0 saturated carbocycles. The van der Waals surface area contributed by atoms with Gasteiger partial charge in [0.15, 0.2) is 0 Å². The predicted molar refractivity (Wildman–Crippen MR) is 73.4 cm³/mol. The van der Waals surface area contributed by atoms with Gasteiger partial charge in [-0.15, -0.1) is 0 Å². The fraction of sp³-hybridized carbons (Fsp3) is 0.500. The van der Waals surface area contributed by atoms with Crippen molar-refractivity contribution in [3.63, 3.8) is 0 Å². The van der Waals surface area contributed by atoms with Gasteiger partial charge in [-0.3, -0.25) is 0 Å². The summed E-state index contributed by atoms with van der Waals surface area (Å²) in [5.74, 6) is 0. The summed E-state index contributed by atoms with van der Waals surface area (Å²) in [6.45, 7) is 2.80. The van der Waals surface area contributed by atoms with Crippen molar-refractivity contribution >= 4 is 27.5 Å². The first-order valence-corrected chi connectivity index (χ1v) is 6.74. The average molecular weight is 323 g/mol. The lowest BCUT2D eigenvalue weighted by Gasteiger charge is -2.07. The molecule has 0 radical (unpaired) electrons. The van der Waals surface area contributed by atoms with Gasteiger partial charge in [0.25, 0.3) is 0 Å². The molecule has 0 amide bonds. The molecule has 17 heavy (non-hydrogen) atoms. The normalized spacial score (nSPS) is 10.8. The fourth-order valence-electron chi connectivity index (χ4n) is 1.35. The maximum atomic E-state index is 8.51. The monoisotopic (exact) mass is 321 g/mol. The zero-order valence-electron chi connectivity index (χ0n) is 9.59. The van der Waals surface area contributed by atoms with Crippen LogP contribution < -0.4 is 5.32 Å². The number of benzene rings is 1. The molecule has 0 bridgehead atoms. The van der Waals surface area contributed by atoms with Crippen LogP contribution in [-0.2, 0) is 11.3 Å². The summed E-state index contributed by atoms with van der Waals surface area (Å²) >= 11 is 9.46. The summed E-state index contributed by atoms with van der Waals surface area (Å²) in [5.41, 5.74) is 1.09. The molecule has 1 aromatic carbocycles. The number of aliphatic hydroxyl groups excluding tert-OH is 1. The van der Waals surface area contributed by atoms with Crippen molar-refractivity contribution in [3.05, 3.63) is 33.3 Å². The van der Waals surface area contributed by atoms with Crippen LogP contribution in [0.4, 0.5) is 0 Å². The molecule has 5 heteroatoms. The first kappa shape index (κ1) is 14.9. The largest absolute Gasteiger partial charge is 0.394 e. The molecule has 3 nitrogen and oxygen atoms in total. The SMILES string of the molecule is OCCOCCCNCc1ccc(Br)cc1Cl. The number of ether oxygens (including phenoxy) is 1. The Balaban J connectivity index is 2.14. The van der Waals surface area contributed by atoms with Gasteiger partial charge in [-0.1, -0.05) is 33.6 Å². The average Bonchev–Trinajstić information content (AvgIpc) is 2.30. The van der Waals surface area contributed by atoms with Crippen molar-refractivity contribution in [2.24, 2.45) is 0 Å². The molecular formula is C12H17BrClNO2. The molecule has 0 unspecified atom stereocenters. The number of halogens is 2. The van der Waals surface area contributed by atoms with Crippen LogP contribution in [0.1, 0.15) is 12.0 Å². The molecule has 0 aromatic heterocycles. The molecule has 1 aromatic rings. The number of aliphatic hydroxyl groups is 1. The summed E-state index contributed by atoms with van der Waals surface area (Å²) < 4.78 is 6.14. The highest BCUT2D eigenvalue weighted by molar-refractivity contribution is 9.10. The highest BCUT2D eigenvalue weighted by atomic mass is 79.9. The number of rotatable bonds is 8. The zero-order chi connectivity index (χ0) is 12.5. The summed E-state index contributed by atoms with van der Waals surface area (Å²) in [5, 5.41) is 12.6. The summed E-state index contributed by atoms with van der Waals surface area (Å²) in [6.07, 6.45) is 0.925. The van der Waals surface area contributed by atoms with E-state index < -0.39 is 0 Å². The van der Waals surface area contributed by atoms with E-state index in [1.165, 1.54) is 0 Å². The van der Waals surface area contributed by atoms with Gasteiger partial charge in [0, 0.05) is 22.6 Å². The van der Waals surface area contributed by atoms with E-state index in [9.17, 15) is 0 Å². The van der Waals surface area contributed by atoms with Crippen molar-refractivity contribution < 1.29 is 9.84 Å². The lowest BCUT2D eigenvalue weighted by molar-refractivity contribution is 0.0907. The minimum Gasteiger partial charge on any atom is -0.394 e. The van der Waals surface area contributed by atoms with Gasteiger partial charge in [-0.25, -0.2) is 0 Å². The molecule has 2 N–H and O–H groups in total. The number of nitrogens with one attached hydrogen (secondary N) is 1. The van der Waals surface area contributed by atoms with Gasteiger partial charge >= 0.3 is 0 Å². The third-order valence-electron chi connectivity index (χ3n) is 2.21. The van der Waals surface area contributed by atoms with Crippen molar-refractivity contribution in [3.8, 4) is 0 Å². The van der Waals surface area contributed by atoms with Gasteiger partial charge in [0.1, 0.15) is 0 Å². The highest BCUT2D eigenvalue weighted by Crippen LogP contribution is 2.20. The smallest absolute Gasteiger partial charge is 0.0697 e. The van der Waals surface area contributed by atoms with Crippen LogP contribution in [0.5, 0.6) is 0 Å². The lowest BCUT2D eigenvalue weighted by atomic mass is 10.2. The van der Waals surface area contributed by atoms with E-state index in [0.717, 1.165) is 34.6 Å². The number of hydrogen-bond acceptors (Lipinski definition) is 3. The van der Waals surface area contributed by atoms with Gasteiger partial charge in [-0.05, 0) is 30.7 Å². The zero-order valence-corrected chi connectivity index (χ0v) is 11.9. The molecule has 0 aliphatic heterocycles. The van der Waals surface area contributed by atoms with Crippen LogP contribution in [0.25, 0.3) is 0 Å². The lowest BCUT2D eigenvalue weighted by Crippen LogP contribution is -2.17. The molecule has 0 atom stereocenters. The summed E-state index contributed by atoms with van der Waals surface area (Å²) in [6, 6.07) is 5.87. The fourth-order valence-corrected chi connectivity index (χ4v) is 2.09. The molecule has 1 rings (SSSR count). The Morgan fingerprint density at radius 1 is 1.35 bits per heavy atom. The van der Waals surface area contributed by atoms with Crippen LogP contribution in [0, 0.1) is 0 Å². The van der Waals surface area contributed by atoms with Crippen LogP contribution in [-0.4, -0.2) is 31.5 Å². The van der Waals surface area contributed by atoms with Crippen LogP contribution >= 0.6 is 27.5 Å². The Bertz CT molecular complexity index is 336. The molecule has 0 heterocycles. The molecule has 0 aliphatic rings. The van der Waals surface area contributed by atoms with E-state index in [0.29, 0.717) is 13.2 Å². The van der Waals surface area contributed by atoms with E-state index >= 15 is 0 Å². The van der Waals surface area contributed by atoms with Crippen LogP contribution in [0.15, 0.2) is 22.7 Å². The van der Waals surface area contributed by atoms with Crippen molar-refractivity contribution in [1.82, 2.24) is 5.32 Å². The maximum absolute atomic E-state index is 8.51. The summed E-state index contributed by atoms with van der Waals surface area (Å²) in [7, 11) is 0. The second-order valence-electron chi connectivity index (χ2n) is 3.60. The van der Waals surface area contributed by atoms with Crippen molar-refractivity contribution in [2.45, 2.75) is 13.0 Å². The highest BCUT2D eigenvalue weighted by Gasteiger charge is 2.00. The van der Waals surface area contributed by atoms with Crippen LogP contribution in [0.3, 0.4) is 0 Å².